The highest BCUT2D eigenvalue weighted by atomic mass is 35.5. The molecule has 2 fully saturated rings. The Kier molecular flexibility index (Phi) is 2.83. The molecular formula is C15H21ClS. The van der Waals surface area contributed by atoms with Crippen molar-refractivity contribution in [1.82, 2.24) is 0 Å². The van der Waals surface area contributed by atoms with Gasteiger partial charge in [0.2, 0.25) is 0 Å². The first-order valence-corrected chi connectivity index (χ1v) is 7.94. The van der Waals surface area contributed by atoms with Gasteiger partial charge < -0.3 is 0 Å². The minimum Gasteiger partial charge on any atom is -0.143 e. The summed E-state index contributed by atoms with van der Waals surface area (Å²) in [7, 11) is 0. The third-order valence-corrected chi connectivity index (χ3v) is 6.65. The van der Waals surface area contributed by atoms with Crippen LogP contribution in [0.2, 0.25) is 0 Å². The van der Waals surface area contributed by atoms with Crippen LogP contribution in [0.1, 0.15) is 55.2 Å². The van der Waals surface area contributed by atoms with Gasteiger partial charge in [-0.15, -0.1) is 22.9 Å². The van der Waals surface area contributed by atoms with Crippen molar-refractivity contribution in [3.05, 3.63) is 21.9 Å². The molecule has 2 aliphatic carbocycles. The van der Waals surface area contributed by atoms with Crippen molar-refractivity contribution in [2.24, 2.45) is 17.8 Å². The Hall–Kier alpha value is -0.0100. The molecule has 17 heavy (non-hydrogen) atoms. The summed E-state index contributed by atoms with van der Waals surface area (Å²) in [4.78, 5) is 2.85. The fourth-order valence-electron chi connectivity index (χ4n) is 3.14. The van der Waals surface area contributed by atoms with Crippen LogP contribution in [-0.4, -0.2) is 0 Å². The van der Waals surface area contributed by atoms with E-state index in [9.17, 15) is 0 Å². The number of fused-ring (bicyclic) bond motifs is 1. The van der Waals surface area contributed by atoms with Gasteiger partial charge in [0.15, 0.2) is 0 Å². The lowest BCUT2D eigenvalue weighted by atomic mass is 9.94. The SMILES string of the molecule is CC(C)(C)c1ccc(C(Cl)C2CC3CC3C2)s1. The standard InChI is InChI=1S/C15H21ClS/c1-15(2,3)13-5-4-12(17-13)14(16)11-7-9-6-10(9)8-11/h4-5,9-11,14H,6-8H2,1-3H3. The van der Waals surface area contributed by atoms with E-state index >= 15 is 0 Å². The highest BCUT2D eigenvalue weighted by Crippen LogP contribution is 2.58. The molecule has 0 nitrogen and oxygen atoms in total. The van der Waals surface area contributed by atoms with Crippen molar-refractivity contribution in [2.75, 3.05) is 0 Å². The molecule has 2 heteroatoms. The van der Waals surface area contributed by atoms with E-state index < -0.39 is 0 Å². The highest BCUT2D eigenvalue weighted by molar-refractivity contribution is 7.12. The molecule has 0 amide bonds. The summed E-state index contributed by atoms with van der Waals surface area (Å²) in [5, 5.41) is 0.267. The molecule has 3 rings (SSSR count). The normalized spacial score (nSPS) is 33.5. The van der Waals surface area contributed by atoms with Gasteiger partial charge in [-0.1, -0.05) is 20.8 Å². The Labute approximate surface area is 113 Å². The van der Waals surface area contributed by atoms with Crippen molar-refractivity contribution in [2.45, 2.75) is 50.8 Å². The van der Waals surface area contributed by atoms with Crippen molar-refractivity contribution >= 4 is 22.9 Å². The molecule has 0 aliphatic heterocycles. The maximum Gasteiger partial charge on any atom is 0.0707 e. The lowest BCUT2D eigenvalue weighted by molar-refractivity contribution is 0.475. The van der Waals surface area contributed by atoms with Crippen LogP contribution < -0.4 is 0 Å². The summed E-state index contributed by atoms with van der Waals surface area (Å²) in [6.07, 6.45) is 4.24. The van der Waals surface area contributed by atoms with Crippen LogP contribution in [0.15, 0.2) is 12.1 Å². The first-order chi connectivity index (χ1) is 7.95. The van der Waals surface area contributed by atoms with Crippen LogP contribution in [0.25, 0.3) is 0 Å². The number of hydrogen-bond donors (Lipinski definition) is 0. The van der Waals surface area contributed by atoms with Crippen LogP contribution in [0.4, 0.5) is 0 Å². The van der Waals surface area contributed by atoms with Crippen molar-refractivity contribution in [3.63, 3.8) is 0 Å². The zero-order chi connectivity index (χ0) is 12.2. The van der Waals surface area contributed by atoms with Gasteiger partial charge >= 0.3 is 0 Å². The molecule has 0 bridgehead atoms. The largest absolute Gasteiger partial charge is 0.143 e. The average molecular weight is 269 g/mol. The first kappa shape index (κ1) is 12.0. The predicted molar refractivity (Wildman–Crippen MR) is 75.9 cm³/mol. The Morgan fingerprint density at radius 3 is 2.35 bits per heavy atom. The molecule has 0 saturated heterocycles. The van der Waals surface area contributed by atoms with Gasteiger partial charge in [-0.25, -0.2) is 0 Å². The Bertz CT molecular complexity index is 405. The lowest BCUT2D eigenvalue weighted by Crippen LogP contribution is -2.08. The smallest absolute Gasteiger partial charge is 0.0707 e. The molecule has 2 saturated carbocycles. The van der Waals surface area contributed by atoms with Crippen molar-refractivity contribution in [3.8, 4) is 0 Å². The summed E-state index contributed by atoms with van der Waals surface area (Å²) in [6.45, 7) is 6.82. The van der Waals surface area contributed by atoms with Gasteiger partial charge in [-0.05, 0) is 54.6 Å². The van der Waals surface area contributed by atoms with E-state index in [-0.39, 0.29) is 10.8 Å². The second kappa shape index (κ2) is 3.99. The Balaban J connectivity index is 1.73. The van der Waals surface area contributed by atoms with Gasteiger partial charge in [0.1, 0.15) is 0 Å². The fraction of sp³-hybridized carbons (Fsp3) is 0.733. The fourth-order valence-corrected chi connectivity index (χ4v) is 4.69. The number of thiophene rings is 1. The topological polar surface area (TPSA) is 0 Å². The minimum atomic E-state index is 0.261. The van der Waals surface area contributed by atoms with E-state index in [2.05, 4.69) is 32.9 Å². The second-order valence-electron chi connectivity index (χ2n) is 6.84. The van der Waals surface area contributed by atoms with Crippen LogP contribution in [0.3, 0.4) is 0 Å². The van der Waals surface area contributed by atoms with E-state index in [4.69, 9.17) is 11.6 Å². The van der Waals surface area contributed by atoms with Crippen molar-refractivity contribution in [1.29, 1.82) is 0 Å². The van der Waals surface area contributed by atoms with Crippen LogP contribution >= 0.6 is 22.9 Å². The highest BCUT2D eigenvalue weighted by Gasteiger charge is 2.48. The zero-order valence-corrected chi connectivity index (χ0v) is 12.4. The molecule has 0 spiro atoms. The second-order valence-corrected chi connectivity index (χ2v) is 8.43. The third-order valence-electron chi connectivity index (χ3n) is 4.33. The van der Waals surface area contributed by atoms with E-state index in [1.807, 2.05) is 11.3 Å². The molecule has 1 aromatic rings. The molecule has 3 atom stereocenters. The molecule has 3 unspecified atom stereocenters. The van der Waals surface area contributed by atoms with E-state index in [1.54, 1.807) is 0 Å². The maximum atomic E-state index is 6.67. The maximum absolute atomic E-state index is 6.67. The number of rotatable bonds is 2. The third kappa shape index (κ3) is 2.29. The van der Waals surface area contributed by atoms with Crippen LogP contribution in [0, 0.1) is 17.8 Å². The van der Waals surface area contributed by atoms with Crippen LogP contribution in [0.5, 0.6) is 0 Å². The zero-order valence-electron chi connectivity index (χ0n) is 10.9. The summed E-state index contributed by atoms with van der Waals surface area (Å²) < 4.78 is 0. The number of hydrogen-bond acceptors (Lipinski definition) is 1. The molecule has 0 N–H and O–H groups in total. The molecular weight excluding hydrogens is 248 g/mol. The van der Waals surface area contributed by atoms with Gasteiger partial charge in [-0.2, -0.15) is 0 Å². The number of alkyl halides is 1. The molecule has 2 aliphatic rings. The van der Waals surface area contributed by atoms with E-state index in [0.29, 0.717) is 0 Å². The summed E-state index contributed by atoms with van der Waals surface area (Å²) >= 11 is 8.59. The Morgan fingerprint density at radius 1 is 1.18 bits per heavy atom. The van der Waals surface area contributed by atoms with Gasteiger partial charge in [0.25, 0.3) is 0 Å². The quantitative estimate of drug-likeness (QED) is 0.633. The molecule has 94 valence electrons. The lowest BCUT2D eigenvalue weighted by Gasteiger charge is -2.18. The molecule has 1 heterocycles. The molecule has 0 radical (unpaired) electrons. The van der Waals surface area contributed by atoms with E-state index in [0.717, 1.165) is 17.8 Å². The molecule has 1 aromatic heterocycles. The number of halogens is 1. The van der Waals surface area contributed by atoms with E-state index in [1.165, 1.54) is 29.0 Å². The average Bonchev–Trinajstić information content (AvgIpc) is 2.71. The van der Waals surface area contributed by atoms with Crippen LogP contribution in [-0.2, 0) is 5.41 Å². The van der Waals surface area contributed by atoms with Gasteiger partial charge in [-0.3, -0.25) is 0 Å². The minimum absolute atomic E-state index is 0.261. The first-order valence-electron chi connectivity index (χ1n) is 6.69. The molecule has 0 aromatic carbocycles. The predicted octanol–water partition coefficient (Wildman–Crippen LogP) is 5.37. The summed E-state index contributed by atoms with van der Waals surface area (Å²) in [5.74, 6) is 2.80. The Morgan fingerprint density at radius 2 is 1.82 bits per heavy atom. The van der Waals surface area contributed by atoms with Crippen molar-refractivity contribution < 1.29 is 0 Å². The summed E-state index contributed by atoms with van der Waals surface area (Å²) in [6, 6.07) is 4.53. The summed E-state index contributed by atoms with van der Waals surface area (Å²) in [5.41, 5.74) is 0.261. The van der Waals surface area contributed by atoms with Gasteiger partial charge in [0, 0.05) is 9.75 Å². The van der Waals surface area contributed by atoms with Gasteiger partial charge in [0.05, 0.1) is 5.38 Å². The monoisotopic (exact) mass is 268 g/mol.